The largest absolute Gasteiger partial charge is 0.348 e. The van der Waals surface area contributed by atoms with Crippen molar-refractivity contribution < 1.29 is 9.18 Å². The molecule has 1 fully saturated rings. The number of aromatic nitrogens is 2. The highest BCUT2D eigenvalue weighted by Gasteiger charge is 2.29. The molecule has 1 saturated heterocycles. The fourth-order valence-corrected chi connectivity index (χ4v) is 2.85. The number of hydrogen-bond acceptors (Lipinski definition) is 3. The third kappa shape index (κ3) is 3.33. The monoisotopic (exact) mass is 302 g/mol. The zero-order valence-electron chi connectivity index (χ0n) is 12.4. The molecule has 5 nitrogen and oxygen atoms in total. The Morgan fingerprint density at radius 1 is 1.50 bits per heavy atom. The van der Waals surface area contributed by atoms with E-state index in [4.69, 9.17) is 0 Å². The Bertz CT molecular complexity index is 670. The summed E-state index contributed by atoms with van der Waals surface area (Å²) in [5.74, 6) is -0.281. The summed E-state index contributed by atoms with van der Waals surface area (Å²) >= 11 is 0. The minimum atomic E-state index is -0.289. The Balaban J connectivity index is 1.73. The molecule has 0 unspecified atom stereocenters. The van der Waals surface area contributed by atoms with Crippen molar-refractivity contribution in [1.82, 2.24) is 20.4 Å². The molecule has 2 aromatic rings. The number of nitrogens with one attached hydrogen (secondary N) is 2. The molecule has 0 radical (unpaired) electrons. The summed E-state index contributed by atoms with van der Waals surface area (Å²) in [6, 6.07) is 6.26. The van der Waals surface area contributed by atoms with Crippen molar-refractivity contribution in [3.05, 3.63) is 53.6 Å². The fraction of sp³-hybridized carbons (Fsp3) is 0.375. The third-order valence-electron chi connectivity index (χ3n) is 3.94. The van der Waals surface area contributed by atoms with E-state index in [1.807, 2.05) is 25.5 Å². The summed E-state index contributed by atoms with van der Waals surface area (Å²) in [7, 11) is 1.87. The van der Waals surface area contributed by atoms with Crippen LogP contribution in [-0.4, -0.2) is 21.7 Å². The van der Waals surface area contributed by atoms with Crippen LogP contribution < -0.4 is 10.6 Å². The number of nitrogens with zero attached hydrogens (tertiary/aromatic N) is 2. The number of aryl methyl sites for hydroxylation is 1. The molecule has 1 aliphatic heterocycles. The smallest absolute Gasteiger partial charge is 0.220 e. The van der Waals surface area contributed by atoms with E-state index >= 15 is 0 Å². The first-order valence-electron chi connectivity index (χ1n) is 7.37. The van der Waals surface area contributed by atoms with E-state index in [1.165, 1.54) is 12.1 Å². The number of benzene rings is 1. The zero-order chi connectivity index (χ0) is 15.5. The highest BCUT2D eigenvalue weighted by Crippen LogP contribution is 2.25. The van der Waals surface area contributed by atoms with Crippen molar-refractivity contribution in [2.45, 2.75) is 31.5 Å². The summed E-state index contributed by atoms with van der Waals surface area (Å²) in [6.07, 6.45) is 4.97. The van der Waals surface area contributed by atoms with Gasteiger partial charge in [0.2, 0.25) is 5.91 Å². The molecule has 2 heterocycles. The SMILES string of the molecule is Cn1cc(CN[C@@H]2CCC(=O)N[C@H]2c2cccc(F)c2)cn1. The lowest BCUT2D eigenvalue weighted by Crippen LogP contribution is -2.48. The van der Waals surface area contributed by atoms with Crippen LogP contribution in [0.25, 0.3) is 0 Å². The van der Waals surface area contributed by atoms with Gasteiger partial charge in [-0.3, -0.25) is 9.48 Å². The van der Waals surface area contributed by atoms with E-state index in [-0.39, 0.29) is 23.8 Å². The Labute approximate surface area is 128 Å². The number of amides is 1. The van der Waals surface area contributed by atoms with Crippen LogP contribution in [0.1, 0.15) is 30.0 Å². The molecule has 0 aliphatic carbocycles. The van der Waals surface area contributed by atoms with Crippen molar-refractivity contribution in [2.24, 2.45) is 7.05 Å². The molecule has 1 amide bonds. The van der Waals surface area contributed by atoms with Gasteiger partial charge in [-0.05, 0) is 24.1 Å². The highest BCUT2D eigenvalue weighted by molar-refractivity contribution is 5.77. The Morgan fingerprint density at radius 3 is 3.09 bits per heavy atom. The minimum Gasteiger partial charge on any atom is -0.348 e. The number of hydrogen-bond donors (Lipinski definition) is 2. The van der Waals surface area contributed by atoms with Crippen LogP contribution in [0.5, 0.6) is 0 Å². The van der Waals surface area contributed by atoms with Crippen molar-refractivity contribution in [3.8, 4) is 0 Å². The second-order valence-electron chi connectivity index (χ2n) is 5.65. The van der Waals surface area contributed by atoms with Gasteiger partial charge in [-0.25, -0.2) is 4.39 Å². The fourth-order valence-electron chi connectivity index (χ4n) is 2.85. The first-order valence-corrected chi connectivity index (χ1v) is 7.37. The Morgan fingerprint density at radius 2 is 2.36 bits per heavy atom. The molecular formula is C16H19FN4O. The molecule has 6 heteroatoms. The van der Waals surface area contributed by atoms with Crippen LogP contribution in [0.2, 0.25) is 0 Å². The third-order valence-corrected chi connectivity index (χ3v) is 3.94. The predicted molar refractivity (Wildman–Crippen MR) is 80.4 cm³/mol. The quantitative estimate of drug-likeness (QED) is 0.903. The predicted octanol–water partition coefficient (Wildman–Crippen LogP) is 1.67. The van der Waals surface area contributed by atoms with Crippen LogP contribution >= 0.6 is 0 Å². The van der Waals surface area contributed by atoms with Gasteiger partial charge in [-0.1, -0.05) is 12.1 Å². The van der Waals surface area contributed by atoms with Crippen molar-refractivity contribution >= 4 is 5.91 Å². The van der Waals surface area contributed by atoms with Gasteiger partial charge in [0.25, 0.3) is 0 Å². The first-order chi connectivity index (χ1) is 10.6. The van der Waals surface area contributed by atoms with Gasteiger partial charge in [0, 0.05) is 37.8 Å². The molecule has 22 heavy (non-hydrogen) atoms. The van der Waals surface area contributed by atoms with Crippen LogP contribution in [0.4, 0.5) is 4.39 Å². The minimum absolute atomic E-state index is 0.00805. The summed E-state index contributed by atoms with van der Waals surface area (Å²) in [4.78, 5) is 11.7. The van der Waals surface area contributed by atoms with Crippen molar-refractivity contribution in [2.75, 3.05) is 0 Å². The number of halogens is 1. The number of rotatable bonds is 4. The van der Waals surface area contributed by atoms with Crippen LogP contribution in [0.3, 0.4) is 0 Å². The molecule has 2 N–H and O–H groups in total. The molecular weight excluding hydrogens is 283 g/mol. The zero-order valence-corrected chi connectivity index (χ0v) is 12.4. The van der Waals surface area contributed by atoms with Gasteiger partial charge in [0.15, 0.2) is 0 Å². The van der Waals surface area contributed by atoms with Gasteiger partial charge < -0.3 is 10.6 Å². The van der Waals surface area contributed by atoms with E-state index < -0.39 is 0 Å². The molecule has 1 aromatic carbocycles. The maximum Gasteiger partial charge on any atom is 0.220 e. The van der Waals surface area contributed by atoms with Gasteiger partial charge in [0.1, 0.15) is 5.82 Å². The summed E-state index contributed by atoms with van der Waals surface area (Å²) in [5, 5.41) is 10.6. The highest BCUT2D eigenvalue weighted by atomic mass is 19.1. The summed E-state index contributed by atoms with van der Waals surface area (Å²) in [6.45, 7) is 0.667. The molecule has 1 aliphatic rings. The maximum absolute atomic E-state index is 13.5. The molecule has 0 saturated carbocycles. The van der Waals surface area contributed by atoms with E-state index in [0.717, 1.165) is 17.5 Å². The lowest BCUT2D eigenvalue weighted by molar-refractivity contribution is -0.123. The van der Waals surface area contributed by atoms with E-state index in [1.54, 1.807) is 10.7 Å². The lowest BCUT2D eigenvalue weighted by Gasteiger charge is -2.33. The molecule has 2 atom stereocenters. The van der Waals surface area contributed by atoms with Gasteiger partial charge in [-0.15, -0.1) is 0 Å². The average molecular weight is 302 g/mol. The van der Waals surface area contributed by atoms with Gasteiger partial charge in [0.05, 0.1) is 12.2 Å². The number of piperidine rings is 1. The number of carbonyl (C=O) groups excluding carboxylic acids is 1. The molecule has 0 spiro atoms. The second-order valence-corrected chi connectivity index (χ2v) is 5.65. The lowest BCUT2D eigenvalue weighted by atomic mass is 9.91. The molecule has 0 bridgehead atoms. The van der Waals surface area contributed by atoms with Crippen molar-refractivity contribution in [1.29, 1.82) is 0 Å². The molecule has 3 rings (SSSR count). The van der Waals surface area contributed by atoms with Gasteiger partial charge >= 0.3 is 0 Å². The number of carbonyl (C=O) groups is 1. The van der Waals surface area contributed by atoms with Gasteiger partial charge in [-0.2, -0.15) is 5.10 Å². The van der Waals surface area contributed by atoms with Crippen LogP contribution in [0, 0.1) is 5.82 Å². The summed E-state index contributed by atoms with van der Waals surface area (Å²) in [5.41, 5.74) is 1.87. The maximum atomic E-state index is 13.5. The van der Waals surface area contributed by atoms with E-state index in [0.29, 0.717) is 13.0 Å². The normalized spacial score (nSPS) is 21.6. The molecule has 116 valence electrons. The van der Waals surface area contributed by atoms with E-state index in [9.17, 15) is 9.18 Å². The van der Waals surface area contributed by atoms with Crippen molar-refractivity contribution in [3.63, 3.8) is 0 Å². The average Bonchev–Trinajstić information content (AvgIpc) is 2.91. The Kier molecular flexibility index (Phi) is 4.20. The second kappa shape index (κ2) is 6.27. The standard InChI is InChI=1S/C16H19FN4O/c1-21-10-11(9-19-21)8-18-14-5-6-15(22)20-16(14)12-3-2-4-13(17)7-12/h2-4,7,9-10,14,16,18H,5-6,8H2,1H3,(H,20,22)/t14-,16+/m1/s1. The molecule has 1 aromatic heterocycles. The topological polar surface area (TPSA) is 59.0 Å². The first kappa shape index (κ1) is 14.7. The summed E-state index contributed by atoms with van der Waals surface area (Å²) < 4.78 is 15.2. The van der Waals surface area contributed by atoms with Crippen LogP contribution in [-0.2, 0) is 18.4 Å². The van der Waals surface area contributed by atoms with Crippen LogP contribution in [0.15, 0.2) is 36.7 Å². The van der Waals surface area contributed by atoms with E-state index in [2.05, 4.69) is 15.7 Å². The Hall–Kier alpha value is -2.21.